The number of methoxy groups -OCH3 is 1. The summed E-state index contributed by atoms with van der Waals surface area (Å²) in [5.74, 6) is 8.53. The number of ether oxygens (including phenoxy) is 2. The van der Waals surface area contributed by atoms with Crippen molar-refractivity contribution in [3.63, 3.8) is 0 Å². The number of carbonyl (C=O) groups is 1. The molecular weight excluding hydrogens is 659 g/mol. The first-order chi connectivity index (χ1) is 22.7. The predicted molar refractivity (Wildman–Crippen MR) is 195 cm³/mol. The largest absolute Gasteiger partial charge is 2.00 e. The summed E-state index contributed by atoms with van der Waals surface area (Å²) in [5.41, 5.74) is 5.49. The van der Waals surface area contributed by atoms with Gasteiger partial charge in [-0.25, -0.2) is 9.97 Å². The Labute approximate surface area is 301 Å². The number of nitrogens with one attached hydrogen (secondary N) is 1. The first kappa shape index (κ1) is 38.2. The Morgan fingerprint density at radius 1 is 1.15 bits per heavy atom. The third kappa shape index (κ3) is 9.41. The molecule has 0 saturated heterocycles. The van der Waals surface area contributed by atoms with Crippen molar-refractivity contribution in [2.24, 2.45) is 0 Å². The Balaban J connectivity index is 0.00000625. The Morgan fingerprint density at radius 2 is 1.94 bits per heavy atom. The minimum absolute atomic E-state index is 0. The van der Waals surface area contributed by atoms with Crippen molar-refractivity contribution < 1.29 is 32.8 Å². The summed E-state index contributed by atoms with van der Waals surface area (Å²) in [5, 5.41) is 8.96. The Morgan fingerprint density at radius 3 is 2.60 bits per heavy atom. The summed E-state index contributed by atoms with van der Waals surface area (Å²) < 4.78 is 12.0. The molecule has 0 fully saturated rings. The van der Waals surface area contributed by atoms with Gasteiger partial charge in [0.05, 0.1) is 12.6 Å². The predicted octanol–water partition coefficient (Wildman–Crippen LogP) is 7.98. The van der Waals surface area contributed by atoms with Crippen LogP contribution in [0, 0.1) is 18.8 Å². The Bertz CT molecular complexity index is 1790. The van der Waals surface area contributed by atoms with Crippen molar-refractivity contribution in [3.8, 4) is 29.1 Å². The molecule has 1 atom stereocenters. The third-order valence-corrected chi connectivity index (χ3v) is 8.11. The molecule has 0 aliphatic heterocycles. The van der Waals surface area contributed by atoms with Crippen LogP contribution in [0.25, 0.3) is 16.2 Å². The second-order valence-corrected chi connectivity index (χ2v) is 11.5. The molecule has 1 heterocycles. The molecule has 1 radical (unpaired) electrons. The molecule has 1 aromatic heterocycles. The van der Waals surface area contributed by atoms with E-state index in [1.165, 1.54) is 11.9 Å². The fourth-order valence-electron chi connectivity index (χ4n) is 5.10. The number of aryl methyl sites for hydroxylation is 1. The van der Waals surface area contributed by atoms with Crippen LogP contribution in [-0.4, -0.2) is 60.3 Å². The molecule has 249 valence electrons. The maximum atomic E-state index is 12.3. The minimum Gasteiger partial charge on any atom is -0.791 e. The molecule has 4 rings (SSSR count). The molecule has 0 aliphatic rings. The molecule has 0 aliphatic carbocycles. The summed E-state index contributed by atoms with van der Waals surface area (Å²) >= 11 is 5.09. The SMILES string of the molecule is C=CN(C)c1ccc(Oc2ccc(Nc3ncnc4cc(OC)c([N-]CCN(CC[S-])C(=O)C#CC)cc34)cc2C)cc1C(C)CC.[V+2]. The number of hydrogen-bond donors (Lipinski definition) is 1. The van der Waals surface area contributed by atoms with Crippen molar-refractivity contribution in [1.29, 1.82) is 0 Å². The van der Waals surface area contributed by atoms with Crippen LogP contribution in [0.15, 0.2) is 67.6 Å². The van der Waals surface area contributed by atoms with Crippen molar-refractivity contribution in [2.45, 2.75) is 40.0 Å². The van der Waals surface area contributed by atoms with Gasteiger partial charge in [-0.2, -0.15) is 5.75 Å². The average Bonchev–Trinajstić information content (AvgIpc) is 3.08. The van der Waals surface area contributed by atoms with Gasteiger partial charge >= 0.3 is 18.6 Å². The summed E-state index contributed by atoms with van der Waals surface area (Å²) in [6, 6.07) is 15.9. The van der Waals surface area contributed by atoms with Crippen molar-refractivity contribution in [1.82, 2.24) is 14.9 Å². The fourth-order valence-corrected chi connectivity index (χ4v) is 5.32. The van der Waals surface area contributed by atoms with E-state index in [4.69, 9.17) is 27.4 Å². The van der Waals surface area contributed by atoms with E-state index in [0.717, 1.165) is 40.2 Å². The molecule has 0 bridgehead atoms. The first-order valence-corrected chi connectivity index (χ1v) is 16.1. The van der Waals surface area contributed by atoms with E-state index < -0.39 is 0 Å². The second kappa shape index (κ2) is 18.3. The van der Waals surface area contributed by atoms with Gasteiger partial charge in [-0.3, -0.25) is 4.79 Å². The van der Waals surface area contributed by atoms with Crippen molar-refractivity contribution in [2.75, 3.05) is 49.8 Å². The summed E-state index contributed by atoms with van der Waals surface area (Å²) in [4.78, 5) is 25.0. The number of aromatic nitrogens is 2. The molecule has 1 amide bonds. The summed E-state index contributed by atoms with van der Waals surface area (Å²) in [6.07, 6.45) is 4.35. The number of carbonyl (C=O) groups excluding carboxylic acids is 1. The standard InChI is InChI=1S/C37H43N6O3S.V/c1-8-11-36(44)43(18-19-47)17-16-38-32-22-30-31(23-35(32)45-7)39-24-40-37(30)41-27-12-15-34(26(5)20-27)46-28-13-14-33(42(6)10-3)29(21-28)25(4)9-2;/h10,12-15,20-25,47H,3,9,16-19H2,1-2,4-7H3,(H,39,40,41);/q-1;+2/p-1. The van der Waals surface area contributed by atoms with Crippen LogP contribution in [0.4, 0.5) is 22.9 Å². The van der Waals surface area contributed by atoms with Crippen LogP contribution in [-0.2, 0) is 36.0 Å². The quantitative estimate of drug-likeness (QED) is 0.0986. The minimum atomic E-state index is -0.255. The number of fused-ring (bicyclic) bond motifs is 1. The van der Waals surface area contributed by atoms with Crippen LogP contribution in [0.3, 0.4) is 0 Å². The molecule has 1 unspecified atom stereocenters. The monoisotopic (exact) mass is 701 g/mol. The van der Waals surface area contributed by atoms with Gasteiger partial charge in [0.15, 0.2) is 0 Å². The summed E-state index contributed by atoms with van der Waals surface area (Å²) in [7, 11) is 3.60. The molecule has 11 heteroatoms. The zero-order chi connectivity index (χ0) is 33.9. The number of nitrogens with zero attached hydrogens (tertiary/aromatic N) is 5. The van der Waals surface area contributed by atoms with Crippen molar-refractivity contribution in [3.05, 3.63) is 84.1 Å². The average molecular weight is 702 g/mol. The van der Waals surface area contributed by atoms with Crippen LogP contribution in [0.2, 0.25) is 0 Å². The maximum absolute atomic E-state index is 12.3. The Kier molecular flexibility index (Phi) is 14.5. The number of benzene rings is 3. The van der Waals surface area contributed by atoms with E-state index in [9.17, 15) is 4.79 Å². The van der Waals surface area contributed by atoms with E-state index in [2.05, 4.69) is 59.7 Å². The second-order valence-electron chi connectivity index (χ2n) is 11.0. The number of rotatable bonds is 15. The van der Waals surface area contributed by atoms with E-state index in [1.54, 1.807) is 18.9 Å². The molecule has 0 spiro atoms. The van der Waals surface area contributed by atoms with Gasteiger partial charge in [0, 0.05) is 36.4 Å². The van der Waals surface area contributed by atoms with Gasteiger partial charge in [-0.1, -0.05) is 38.1 Å². The Hall–Kier alpha value is -4.30. The fraction of sp³-hybridized carbons (Fsp3) is 0.324. The number of hydrogen-bond acceptors (Lipinski definition) is 8. The molecule has 48 heavy (non-hydrogen) atoms. The summed E-state index contributed by atoms with van der Waals surface area (Å²) in [6.45, 7) is 13.2. The van der Waals surface area contributed by atoms with Crippen LogP contribution >= 0.6 is 0 Å². The topological polar surface area (TPSA) is 93.9 Å². The zero-order valence-electron chi connectivity index (χ0n) is 28.4. The zero-order valence-corrected chi connectivity index (χ0v) is 30.6. The first-order valence-electron chi connectivity index (χ1n) is 15.6. The maximum Gasteiger partial charge on any atom is 2.00 e. The molecule has 4 aromatic rings. The number of anilines is 3. The van der Waals surface area contributed by atoms with E-state index in [-0.39, 0.29) is 24.5 Å². The normalized spacial score (nSPS) is 11.0. The molecule has 0 saturated carbocycles. The van der Waals surface area contributed by atoms with Gasteiger partial charge in [-0.05, 0) is 92.4 Å². The van der Waals surface area contributed by atoms with E-state index in [1.807, 2.05) is 61.5 Å². The van der Waals surface area contributed by atoms with Crippen LogP contribution in [0.5, 0.6) is 17.2 Å². The van der Waals surface area contributed by atoms with E-state index in [0.29, 0.717) is 54.1 Å². The van der Waals surface area contributed by atoms with Gasteiger partial charge in [0.1, 0.15) is 29.4 Å². The molecule has 9 nitrogen and oxygen atoms in total. The third-order valence-electron chi connectivity index (χ3n) is 7.93. The van der Waals surface area contributed by atoms with Gasteiger partial charge < -0.3 is 42.5 Å². The number of amides is 1. The van der Waals surface area contributed by atoms with Crippen molar-refractivity contribution >= 4 is 52.3 Å². The van der Waals surface area contributed by atoms with E-state index >= 15 is 0 Å². The molecule has 1 N–H and O–H groups in total. The van der Waals surface area contributed by atoms with Gasteiger partial charge in [0.25, 0.3) is 5.91 Å². The van der Waals surface area contributed by atoms with Crippen LogP contribution < -0.4 is 19.7 Å². The van der Waals surface area contributed by atoms with Crippen LogP contribution in [0.1, 0.15) is 44.2 Å². The smallest absolute Gasteiger partial charge is 0.791 e. The molecular formula is C37H42N6O3SV. The van der Waals surface area contributed by atoms with Gasteiger partial charge in [-0.15, -0.1) is 6.54 Å². The molecule has 3 aromatic carbocycles. The van der Waals surface area contributed by atoms with Gasteiger partial charge in [0.2, 0.25) is 0 Å².